The quantitative estimate of drug-likeness (QED) is 0.169. The number of amides is 1. The average molecular weight is 550 g/mol. The van der Waals surface area contributed by atoms with E-state index in [1.54, 1.807) is 14.2 Å². The van der Waals surface area contributed by atoms with E-state index < -0.39 is 11.7 Å². The van der Waals surface area contributed by atoms with Gasteiger partial charge in [-0.1, -0.05) is 12.1 Å². The van der Waals surface area contributed by atoms with Crippen molar-refractivity contribution in [1.29, 1.82) is 0 Å². The van der Waals surface area contributed by atoms with Crippen molar-refractivity contribution in [3.05, 3.63) is 29.3 Å². The van der Waals surface area contributed by atoms with E-state index in [9.17, 15) is 4.79 Å². The molecule has 0 aliphatic carbocycles. The van der Waals surface area contributed by atoms with Crippen molar-refractivity contribution in [2.75, 3.05) is 40.5 Å². The number of rotatable bonds is 11. The monoisotopic (exact) mass is 550 g/mol. The van der Waals surface area contributed by atoms with Gasteiger partial charge in [0.25, 0.3) is 0 Å². The van der Waals surface area contributed by atoms with Gasteiger partial charge in [-0.2, -0.15) is 0 Å². The van der Waals surface area contributed by atoms with Crippen LogP contribution in [-0.4, -0.2) is 58.1 Å². The third-order valence-electron chi connectivity index (χ3n) is 3.96. The fraction of sp³-hybridized carbons (Fsp3) is 0.636. The van der Waals surface area contributed by atoms with Crippen LogP contribution in [0.1, 0.15) is 44.7 Å². The lowest BCUT2D eigenvalue weighted by atomic mass is 10.1. The maximum Gasteiger partial charge on any atom is 0.407 e. The lowest BCUT2D eigenvalue weighted by Gasteiger charge is -2.19. The van der Waals surface area contributed by atoms with E-state index in [0.717, 1.165) is 29.7 Å². The Labute approximate surface area is 203 Å². The zero-order valence-electron chi connectivity index (χ0n) is 19.7. The molecule has 0 unspecified atom stereocenters. The Morgan fingerprint density at radius 1 is 1.06 bits per heavy atom. The Hall–Kier alpha value is -1.75. The first kappa shape index (κ1) is 29.2. The highest BCUT2D eigenvalue weighted by Crippen LogP contribution is 2.20. The van der Waals surface area contributed by atoms with Crippen LogP contribution in [0.4, 0.5) is 4.79 Å². The van der Waals surface area contributed by atoms with E-state index in [4.69, 9.17) is 14.2 Å². The number of methoxy groups -OCH3 is 1. The number of carbonyl (C=O) groups is 1. The van der Waals surface area contributed by atoms with Gasteiger partial charge in [0.1, 0.15) is 11.4 Å². The molecule has 8 nitrogen and oxygen atoms in total. The molecule has 3 N–H and O–H groups in total. The highest BCUT2D eigenvalue weighted by Gasteiger charge is 2.15. The molecule has 0 aliphatic heterocycles. The molecule has 1 aromatic rings. The van der Waals surface area contributed by atoms with Gasteiger partial charge >= 0.3 is 6.09 Å². The number of hydrogen-bond donors (Lipinski definition) is 3. The van der Waals surface area contributed by atoms with Gasteiger partial charge in [-0.05, 0) is 45.7 Å². The smallest absolute Gasteiger partial charge is 0.407 e. The summed E-state index contributed by atoms with van der Waals surface area (Å²) >= 11 is 0. The SMILES string of the molecule is CN=C(NCCCNC(=O)OC(C)(C)C)NCc1ccc(C)cc1OCCCOC.I. The number of carbonyl (C=O) groups excluding carboxylic acids is 1. The van der Waals surface area contributed by atoms with Crippen LogP contribution in [0.3, 0.4) is 0 Å². The van der Waals surface area contributed by atoms with Gasteiger partial charge in [-0.25, -0.2) is 4.79 Å². The van der Waals surface area contributed by atoms with Gasteiger partial charge in [-0.3, -0.25) is 4.99 Å². The molecular weight excluding hydrogens is 511 g/mol. The number of guanidine groups is 1. The van der Waals surface area contributed by atoms with Gasteiger partial charge in [0, 0.05) is 52.4 Å². The number of ether oxygens (including phenoxy) is 3. The van der Waals surface area contributed by atoms with Crippen LogP contribution in [-0.2, 0) is 16.0 Å². The molecule has 0 saturated carbocycles. The first-order chi connectivity index (χ1) is 14.2. The number of nitrogens with one attached hydrogen (secondary N) is 3. The minimum atomic E-state index is -0.489. The number of aliphatic imine (C=N–C) groups is 1. The summed E-state index contributed by atoms with van der Waals surface area (Å²) in [4.78, 5) is 15.9. The molecule has 0 heterocycles. The summed E-state index contributed by atoms with van der Waals surface area (Å²) in [6.07, 6.45) is 1.19. The van der Waals surface area contributed by atoms with E-state index in [2.05, 4.69) is 33.1 Å². The molecule has 1 aromatic carbocycles. The summed E-state index contributed by atoms with van der Waals surface area (Å²) in [5.41, 5.74) is 1.73. The second kappa shape index (κ2) is 16.0. The maximum absolute atomic E-state index is 11.6. The Balaban J connectivity index is 0.00000900. The van der Waals surface area contributed by atoms with Crippen molar-refractivity contribution < 1.29 is 19.0 Å². The summed E-state index contributed by atoms with van der Waals surface area (Å²) in [5, 5.41) is 9.29. The molecule has 0 fully saturated rings. The first-order valence-electron chi connectivity index (χ1n) is 10.4. The van der Waals surface area contributed by atoms with Crippen LogP contribution in [0.25, 0.3) is 0 Å². The molecule has 0 radical (unpaired) electrons. The van der Waals surface area contributed by atoms with Crippen molar-refractivity contribution in [2.45, 2.75) is 52.7 Å². The number of halogens is 1. The van der Waals surface area contributed by atoms with Crippen molar-refractivity contribution in [1.82, 2.24) is 16.0 Å². The molecular formula is C22H39IN4O4. The topological polar surface area (TPSA) is 93.2 Å². The van der Waals surface area contributed by atoms with Gasteiger partial charge in [0.2, 0.25) is 0 Å². The summed E-state index contributed by atoms with van der Waals surface area (Å²) in [6, 6.07) is 6.17. The van der Waals surface area contributed by atoms with Crippen LogP contribution in [0.2, 0.25) is 0 Å². The zero-order valence-corrected chi connectivity index (χ0v) is 22.0. The third-order valence-corrected chi connectivity index (χ3v) is 3.96. The van der Waals surface area contributed by atoms with Crippen molar-refractivity contribution >= 4 is 36.0 Å². The van der Waals surface area contributed by atoms with Crippen LogP contribution >= 0.6 is 24.0 Å². The van der Waals surface area contributed by atoms with E-state index in [1.165, 1.54) is 0 Å². The van der Waals surface area contributed by atoms with Crippen molar-refractivity contribution in [3.8, 4) is 5.75 Å². The standard InChI is InChI=1S/C22H38N4O4.HI/c1-17-9-10-18(19(15-17)29-14-8-13-28-6)16-26-20(23-5)24-11-7-12-25-21(27)30-22(2,3)4;/h9-10,15H,7-8,11-14,16H2,1-6H3,(H,25,27)(H2,23,24,26);1H. The number of alkyl carbamates (subject to hydrolysis) is 1. The summed E-state index contributed by atoms with van der Waals surface area (Å²) in [7, 11) is 3.42. The van der Waals surface area contributed by atoms with Crippen LogP contribution in [0.5, 0.6) is 5.75 Å². The number of nitrogens with zero attached hydrogens (tertiary/aromatic N) is 1. The lowest BCUT2D eigenvalue weighted by Crippen LogP contribution is -2.39. The van der Waals surface area contributed by atoms with E-state index in [0.29, 0.717) is 38.8 Å². The third kappa shape index (κ3) is 14.0. The van der Waals surface area contributed by atoms with E-state index in [1.807, 2.05) is 33.8 Å². The molecule has 1 amide bonds. The minimum Gasteiger partial charge on any atom is -0.493 e. The first-order valence-corrected chi connectivity index (χ1v) is 10.4. The van der Waals surface area contributed by atoms with Gasteiger partial charge in [0.15, 0.2) is 5.96 Å². The fourth-order valence-electron chi connectivity index (χ4n) is 2.53. The van der Waals surface area contributed by atoms with Crippen LogP contribution in [0, 0.1) is 6.92 Å². The van der Waals surface area contributed by atoms with E-state index >= 15 is 0 Å². The van der Waals surface area contributed by atoms with E-state index in [-0.39, 0.29) is 24.0 Å². The van der Waals surface area contributed by atoms with Gasteiger partial charge in [-0.15, -0.1) is 24.0 Å². The Morgan fingerprint density at radius 2 is 1.77 bits per heavy atom. The normalized spacial score (nSPS) is 11.4. The maximum atomic E-state index is 11.6. The molecule has 31 heavy (non-hydrogen) atoms. The Bertz CT molecular complexity index is 678. The summed E-state index contributed by atoms with van der Waals surface area (Å²) < 4.78 is 16.2. The molecule has 0 aliphatic rings. The summed E-state index contributed by atoms with van der Waals surface area (Å²) in [6.45, 7) is 10.7. The van der Waals surface area contributed by atoms with Crippen molar-refractivity contribution in [3.63, 3.8) is 0 Å². The molecule has 0 spiro atoms. The molecule has 0 aromatic heterocycles. The summed E-state index contributed by atoms with van der Waals surface area (Å²) in [5.74, 6) is 1.56. The predicted molar refractivity (Wildman–Crippen MR) is 136 cm³/mol. The second-order valence-electron chi connectivity index (χ2n) is 7.94. The number of hydrogen-bond acceptors (Lipinski definition) is 5. The molecule has 178 valence electrons. The largest absolute Gasteiger partial charge is 0.493 e. The number of aryl methyl sites for hydroxylation is 1. The van der Waals surface area contributed by atoms with Crippen LogP contribution in [0.15, 0.2) is 23.2 Å². The predicted octanol–water partition coefficient (Wildman–Crippen LogP) is 3.61. The Kier molecular flexibility index (Phi) is 15.1. The molecule has 1 rings (SSSR count). The zero-order chi connectivity index (χ0) is 22.4. The average Bonchev–Trinajstić information content (AvgIpc) is 2.67. The highest BCUT2D eigenvalue weighted by molar-refractivity contribution is 14.0. The minimum absolute atomic E-state index is 0. The Morgan fingerprint density at radius 3 is 2.42 bits per heavy atom. The van der Waals surface area contributed by atoms with Gasteiger partial charge in [0.05, 0.1) is 6.61 Å². The fourth-order valence-corrected chi connectivity index (χ4v) is 2.53. The van der Waals surface area contributed by atoms with Gasteiger partial charge < -0.3 is 30.2 Å². The molecule has 0 atom stereocenters. The van der Waals surface area contributed by atoms with Crippen LogP contribution < -0.4 is 20.7 Å². The van der Waals surface area contributed by atoms with Crippen molar-refractivity contribution in [2.24, 2.45) is 4.99 Å². The lowest BCUT2D eigenvalue weighted by molar-refractivity contribution is 0.0527. The second-order valence-corrected chi connectivity index (χ2v) is 7.94. The molecule has 9 heteroatoms. The molecule has 0 saturated heterocycles. The number of benzene rings is 1. The molecule has 0 bridgehead atoms. The highest BCUT2D eigenvalue weighted by atomic mass is 127.